The van der Waals surface area contributed by atoms with E-state index >= 15 is 0 Å². The predicted molar refractivity (Wildman–Crippen MR) is 82.0 cm³/mol. The van der Waals surface area contributed by atoms with Crippen molar-refractivity contribution in [1.29, 1.82) is 0 Å². The van der Waals surface area contributed by atoms with Gasteiger partial charge in [-0.25, -0.2) is 0 Å². The summed E-state index contributed by atoms with van der Waals surface area (Å²) in [4.78, 5) is 14.2. The molecule has 0 aliphatic carbocycles. The number of nitrogens with one attached hydrogen (secondary N) is 1. The molecule has 1 N–H and O–H groups in total. The minimum atomic E-state index is 0.0359. The average Bonchev–Trinajstić information content (AvgIpc) is 2.94. The van der Waals surface area contributed by atoms with Gasteiger partial charge in [0.25, 0.3) is 5.91 Å². The fraction of sp³-hybridized carbons (Fsp3) is 0.438. The molecule has 6 nitrogen and oxygen atoms in total. The van der Waals surface area contributed by atoms with Gasteiger partial charge in [-0.2, -0.15) is 0 Å². The first-order valence-corrected chi connectivity index (χ1v) is 7.75. The van der Waals surface area contributed by atoms with Crippen LogP contribution in [-0.4, -0.2) is 45.7 Å². The molecular formula is C16H19N5O. The first kappa shape index (κ1) is 13.5. The number of carbonyl (C=O) groups excluding carboxylic acids is 1. The highest BCUT2D eigenvalue weighted by molar-refractivity contribution is 5.98. The maximum atomic E-state index is 12.5. The zero-order valence-corrected chi connectivity index (χ0v) is 12.6. The number of para-hydroxylation sites is 1. The minimum Gasteiger partial charge on any atom is -0.334 e. The molecule has 1 amide bonds. The number of amides is 1. The van der Waals surface area contributed by atoms with E-state index in [1.807, 2.05) is 31.3 Å². The molecule has 0 spiro atoms. The highest BCUT2D eigenvalue weighted by Crippen LogP contribution is 2.29. The Morgan fingerprint density at radius 3 is 2.95 bits per heavy atom. The molecule has 1 aromatic carbocycles. The lowest BCUT2D eigenvalue weighted by molar-refractivity contribution is 0.0786. The highest BCUT2D eigenvalue weighted by Gasteiger charge is 2.30. The largest absolute Gasteiger partial charge is 0.334 e. The topological polar surface area (TPSA) is 63.1 Å². The summed E-state index contributed by atoms with van der Waals surface area (Å²) in [7, 11) is 1.81. The Labute approximate surface area is 129 Å². The van der Waals surface area contributed by atoms with E-state index < -0.39 is 0 Å². The lowest BCUT2D eigenvalue weighted by Gasteiger charge is -2.23. The molecule has 1 aromatic heterocycles. The maximum absolute atomic E-state index is 12.5. The van der Waals surface area contributed by atoms with Crippen molar-refractivity contribution >= 4 is 5.91 Å². The van der Waals surface area contributed by atoms with Crippen LogP contribution in [0.25, 0.3) is 5.69 Å². The van der Waals surface area contributed by atoms with Gasteiger partial charge in [-0.3, -0.25) is 9.36 Å². The summed E-state index contributed by atoms with van der Waals surface area (Å²) < 4.78 is 2.09. The summed E-state index contributed by atoms with van der Waals surface area (Å²) in [6.45, 7) is 2.47. The molecule has 1 fully saturated rings. The van der Waals surface area contributed by atoms with Crippen molar-refractivity contribution < 1.29 is 4.79 Å². The van der Waals surface area contributed by atoms with Crippen molar-refractivity contribution in [3.63, 3.8) is 0 Å². The van der Waals surface area contributed by atoms with Gasteiger partial charge in [-0.1, -0.05) is 12.1 Å². The third-order valence-electron chi connectivity index (χ3n) is 4.52. The van der Waals surface area contributed by atoms with Crippen molar-refractivity contribution in [3.8, 4) is 5.69 Å². The molecule has 1 atom stereocenters. The summed E-state index contributed by atoms with van der Waals surface area (Å²) >= 11 is 0. The Morgan fingerprint density at radius 2 is 2.14 bits per heavy atom. The molecule has 3 heterocycles. The van der Waals surface area contributed by atoms with Crippen LogP contribution < -0.4 is 5.32 Å². The maximum Gasteiger partial charge on any atom is 0.256 e. The van der Waals surface area contributed by atoms with Crippen LogP contribution in [0.15, 0.2) is 24.3 Å². The second kappa shape index (κ2) is 5.21. The van der Waals surface area contributed by atoms with Gasteiger partial charge >= 0.3 is 0 Å². The number of rotatable bonds is 1. The van der Waals surface area contributed by atoms with Crippen LogP contribution in [0.2, 0.25) is 0 Å². The number of nitrogens with zero attached hydrogens (tertiary/aromatic N) is 4. The summed E-state index contributed by atoms with van der Waals surface area (Å²) in [5.74, 6) is 2.19. The van der Waals surface area contributed by atoms with Crippen molar-refractivity contribution in [2.75, 3.05) is 20.1 Å². The zero-order valence-electron chi connectivity index (χ0n) is 12.6. The number of hydrogen-bond donors (Lipinski definition) is 1. The Balaban J connectivity index is 1.89. The van der Waals surface area contributed by atoms with Gasteiger partial charge in [0.15, 0.2) is 5.82 Å². The Morgan fingerprint density at radius 1 is 1.27 bits per heavy atom. The van der Waals surface area contributed by atoms with E-state index in [0.717, 1.165) is 43.3 Å². The fourth-order valence-electron chi connectivity index (χ4n) is 3.37. The molecular weight excluding hydrogens is 278 g/mol. The molecule has 0 saturated carbocycles. The molecule has 0 bridgehead atoms. The normalized spacial score (nSPS) is 21.2. The second-order valence-electron chi connectivity index (χ2n) is 6.03. The summed E-state index contributed by atoms with van der Waals surface area (Å²) in [5, 5.41) is 12.3. The Kier molecular flexibility index (Phi) is 3.18. The smallest absolute Gasteiger partial charge is 0.256 e. The van der Waals surface area contributed by atoms with Gasteiger partial charge in [0.05, 0.1) is 17.8 Å². The van der Waals surface area contributed by atoms with Crippen LogP contribution in [0, 0.1) is 0 Å². The van der Waals surface area contributed by atoms with E-state index in [9.17, 15) is 4.79 Å². The lowest BCUT2D eigenvalue weighted by Crippen LogP contribution is -2.30. The molecule has 2 aliphatic heterocycles. The average molecular weight is 297 g/mol. The van der Waals surface area contributed by atoms with Crippen LogP contribution in [-0.2, 0) is 6.54 Å². The van der Waals surface area contributed by atoms with Gasteiger partial charge < -0.3 is 10.2 Å². The van der Waals surface area contributed by atoms with Crippen LogP contribution in [0.3, 0.4) is 0 Å². The molecule has 1 unspecified atom stereocenters. The Bertz CT molecular complexity index is 717. The summed E-state index contributed by atoms with van der Waals surface area (Å²) in [6, 6.07) is 7.73. The molecule has 6 heteroatoms. The number of hydrogen-bond acceptors (Lipinski definition) is 4. The fourth-order valence-corrected chi connectivity index (χ4v) is 3.37. The van der Waals surface area contributed by atoms with Gasteiger partial charge in [-0.15, -0.1) is 10.2 Å². The van der Waals surface area contributed by atoms with Crippen molar-refractivity contribution in [2.45, 2.75) is 25.3 Å². The molecule has 1 saturated heterocycles. The van der Waals surface area contributed by atoms with Crippen LogP contribution in [0.5, 0.6) is 0 Å². The minimum absolute atomic E-state index is 0.0359. The number of aromatic nitrogens is 3. The van der Waals surface area contributed by atoms with E-state index in [0.29, 0.717) is 18.0 Å². The number of carbonyl (C=O) groups is 1. The number of piperidine rings is 1. The number of benzene rings is 1. The molecule has 2 aromatic rings. The molecule has 22 heavy (non-hydrogen) atoms. The summed E-state index contributed by atoms with van der Waals surface area (Å²) in [6.07, 6.45) is 2.25. The van der Waals surface area contributed by atoms with Gasteiger partial charge in [0.2, 0.25) is 0 Å². The first-order valence-electron chi connectivity index (χ1n) is 7.75. The van der Waals surface area contributed by atoms with Crippen LogP contribution in [0.4, 0.5) is 0 Å². The van der Waals surface area contributed by atoms with Crippen LogP contribution in [0.1, 0.15) is 40.8 Å². The molecule has 114 valence electrons. The SMILES string of the molecule is CN1Cc2nnc(C3CCCNC3)n2-c2ccccc2C1=O. The highest BCUT2D eigenvalue weighted by atomic mass is 16.2. The van der Waals surface area contributed by atoms with Gasteiger partial charge in [-0.05, 0) is 31.5 Å². The van der Waals surface area contributed by atoms with E-state index in [-0.39, 0.29) is 5.91 Å². The second-order valence-corrected chi connectivity index (χ2v) is 6.03. The Hall–Kier alpha value is -2.21. The molecule has 0 radical (unpaired) electrons. The summed E-state index contributed by atoms with van der Waals surface area (Å²) in [5.41, 5.74) is 1.62. The van der Waals surface area contributed by atoms with E-state index in [2.05, 4.69) is 20.1 Å². The van der Waals surface area contributed by atoms with Gasteiger partial charge in [0.1, 0.15) is 5.82 Å². The van der Waals surface area contributed by atoms with E-state index in [1.165, 1.54) is 0 Å². The van der Waals surface area contributed by atoms with Crippen molar-refractivity contribution in [2.24, 2.45) is 0 Å². The molecule has 2 aliphatic rings. The third-order valence-corrected chi connectivity index (χ3v) is 4.52. The molecule has 4 rings (SSSR count). The van der Waals surface area contributed by atoms with Gasteiger partial charge in [0, 0.05) is 19.5 Å². The predicted octanol–water partition coefficient (Wildman–Crippen LogP) is 1.32. The number of fused-ring (bicyclic) bond motifs is 3. The van der Waals surface area contributed by atoms with Crippen molar-refractivity contribution in [3.05, 3.63) is 41.5 Å². The first-order chi connectivity index (χ1) is 10.8. The quantitative estimate of drug-likeness (QED) is 0.862. The lowest BCUT2D eigenvalue weighted by atomic mass is 9.98. The standard InChI is InChI=1S/C16H19N5O/c1-20-10-14-18-19-15(11-5-4-8-17-9-11)21(14)13-7-3-2-6-12(13)16(20)22/h2-3,6-7,11,17H,4-5,8-10H2,1H3. The van der Waals surface area contributed by atoms with Crippen LogP contribution >= 0.6 is 0 Å². The monoisotopic (exact) mass is 297 g/mol. The zero-order chi connectivity index (χ0) is 15.1. The van der Waals surface area contributed by atoms with Crippen molar-refractivity contribution in [1.82, 2.24) is 25.0 Å². The van der Waals surface area contributed by atoms with E-state index in [4.69, 9.17) is 0 Å². The van der Waals surface area contributed by atoms with E-state index in [1.54, 1.807) is 4.90 Å². The third kappa shape index (κ3) is 2.02.